The molecule has 0 aliphatic carbocycles. The molecular formula is C12H12BrF2NO2. The number of rotatable bonds is 2. The number of carbonyl (C=O) groups is 1. The summed E-state index contributed by atoms with van der Waals surface area (Å²) < 4.78 is 31.3. The Morgan fingerprint density at radius 2 is 2.06 bits per heavy atom. The first kappa shape index (κ1) is 13.3. The van der Waals surface area contributed by atoms with Gasteiger partial charge in [-0.2, -0.15) is 0 Å². The molecule has 0 saturated carbocycles. The van der Waals surface area contributed by atoms with Crippen molar-refractivity contribution in [1.82, 2.24) is 0 Å². The minimum Gasteiger partial charge on any atom is -0.469 e. The Bertz CT molecular complexity index is 458. The van der Waals surface area contributed by atoms with E-state index in [2.05, 4.69) is 20.7 Å². The highest BCUT2D eigenvalue weighted by molar-refractivity contribution is 9.10. The molecule has 1 aliphatic heterocycles. The fraction of sp³-hybridized carbons (Fsp3) is 0.417. The van der Waals surface area contributed by atoms with Crippen LogP contribution in [0.3, 0.4) is 0 Å². The van der Waals surface area contributed by atoms with Crippen LogP contribution in [-0.4, -0.2) is 26.2 Å². The molecule has 1 saturated heterocycles. The third-order valence-electron chi connectivity index (χ3n) is 3.06. The zero-order valence-electron chi connectivity index (χ0n) is 9.75. The van der Waals surface area contributed by atoms with E-state index >= 15 is 0 Å². The number of benzene rings is 1. The first-order chi connectivity index (χ1) is 8.52. The van der Waals surface area contributed by atoms with Crippen molar-refractivity contribution in [1.29, 1.82) is 0 Å². The van der Waals surface area contributed by atoms with E-state index in [1.54, 1.807) is 4.90 Å². The van der Waals surface area contributed by atoms with Crippen molar-refractivity contribution in [3.63, 3.8) is 0 Å². The first-order valence-corrected chi connectivity index (χ1v) is 6.29. The zero-order valence-corrected chi connectivity index (χ0v) is 11.3. The molecule has 1 heterocycles. The fourth-order valence-corrected chi connectivity index (χ4v) is 2.31. The van der Waals surface area contributed by atoms with Crippen molar-refractivity contribution in [2.75, 3.05) is 25.1 Å². The third kappa shape index (κ3) is 2.48. The number of nitrogens with zero attached hydrogens (tertiary/aromatic N) is 1. The predicted octanol–water partition coefficient (Wildman–Crippen LogP) is 2.73. The van der Waals surface area contributed by atoms with Gasteiger partial charge in [0, 0.05) is 18.8 Å². The van der Waals surface area contributed by atoms with Crippen molar-refractivity contribution in [3.8, 4) is 0 Å². The van der Waals surface area contributed by atoms with Gasteiger partial charge in [-0.25, -0.2) is 8.78 Å². The lowest BCUT2D eigenvalue weighted by Gasteiger charge is -2.18. The lowest BCUT2D eigenvalue weighted by atomic mass is 10.1. The van der Waals surface area contributed by atoms with Crippen LogP contribution in [0.25, 0.3) is 0 Å². The smallest absolute Gasteiger partial charge is 0.310 e. The number of ether oxygens (including phenoxy) is 1. The van der Waals surface area contributed by atoms with Crippen LogP contribution in [0, 0.1) is 17.6 Å². The summed E-state index contributed by atoms with van der Waals surface area (Å²) in [7, 11) is 1.34. The largest absolute Gasteiger partial charge is 0.469 e. The van der Waals surface area contributed by atoms with E-state index < -0.39 is 11.6 Å². The summed E-state index contributed by atoms with van der Waals surface area (Å²) >= 11 is 2.83. The van der Waals surface area contributed by atoms with E-state index in [0.717, 1.165) is 0 Å². The van der Waals surface area contributed by atoms with Crippen LogP contribution in [0.1, 0.15) is 6.42 Å². The SMILES string of the molecule is COC(=O)[C@@H]1CCN(c2cc(F)c(Br)c(F)c2)C1. The Balaban J connectivity index is 2.17. The van der Waals surface area contributed by atoms with Gasteiger partial charge in [-0.05, 0) is 34.5 Å². The number of methoxy groups -OCH3 is 1. The summed E-state index contributed by atoms with van der Waals surface area (Å²) in [5, 5.41) is 0. The Labute approximate surface area is 112 Å². The minimum atomic E-state index is -0.647. The molecule has 18 heavy (non-hydrogen) atoms. The standard InChI is InChI=1S/C12H12BrF2NO2/c1-18-12(17)7-2-3-16(6-7)8-4-9(14)11(13)10(15)5-8/h4-5,7H,2-3,6H2,1H3/t7-/m1/s1. The molecule has 1 atom stereocenters. The maximum Gasteiger partial charge on any atom is 0.310 e. The molecule has 0 spiro atoms. The second-order valence-corrected chi connectivity index (χ2v) is 4.97. The molecular weight excluding hydrogens is 308 g/mol. The van der Waals surface area contributed by atoms with E-state index in [4.69, 9.17) is 0 Å². The molecule has 1 aliphatic rings. The molecule has 1 aromatic rings. The summed E-state index contributed by atoms with van der Waals surface area (Å²) in [6.45, 7) is 1.01. The van der Waals surface area contributed by atoms with Gasteiger partial charge in [0.05, 0.1) is 17.5 Å². The van der Waals surface area contributed by atoms with Crippen molar-refractivity contribution in [2.24, 2.45) is 5.92 Å². The van der Waals surface area contributed by atoms with Gasteiger partial charge < -0.3 is 9.64 Å². The number of hydrogen-bond donors (Lipinski definition) is 0. The lowest BCUT2D eigenvalue weighted by Crippen LogP contribution is -2.23. The van der Waals surface area contributed by atoms with Gasteiger partial charge in [-0.1, -0.05) is 0 Å². The average Bonchev–Trinajstić information content (AvgIpc) is 2.84. The van der Waals surface area contributed by atoms with Crippen LogP contribution in [0.2, 0.25) is 0 Å². The molecule has 2 rings (SSSR count). The molecule has 1 aromatic carbocycles. The third-order valence-corrected chi connectivity index (χ3v) is 3.81. The van der Waals surface area contributed by atoms with Crippen LogP contribution in [0.15, 0.2) is 16.6 Å². The first-order valence-electron chi connectivity index (χ1n) is 5.50. The van der Waals surface area contributed by atoms with Crippen LogP contribution in [-0.2, 0) is 9.53 Å². The van der Waals surface area contributed by atoms with Crippen LogP contribution >= 0.6 is 15.9 Å². The van der Waals surface area contributed by atoms with Crippen LogP contribution in [0.5, 0.6) is 0 Å². The van der Waals surface area contributed by atoms with Gasteiger partial charge in [-0.3, -0.25) is 4.79 Å². The van der Waals surface area contributed by atoms with Gasteiger partial charge in [0.1, 0.15) is 11.6 Å². The molecule has 6 heteroatoms. The van der Waals surface area contributed by atoms with Gasteiger partial charge in [0.15, 0.2) is 0 Å². The topological polar surface area (TPSA) is 29.5 Å². The lowest BCUT2D eigenvalue weighted by molar-refractivity contribution is -0.144. The summed E-state index contributed by atoms with van der Waals surface area (Å²) in [4.78, 5) is 13.2. The minimum absolute atomic E-state index is 0.171. The zero-order chi connectivity index (χ0) is 13.3. The van der Waals surface area contributed by atoms with Crippen molar-refractivity contribution >= 4 is 27.6 Å². The fourth-order valence-electron chi connectivity index (χ4n) is 2.08. The number of halogens is 3. The van der Waals surface area contributed by atoms with Crippen molar-refractivity contribution < 1.29 is 18.3 Å². The molecule has 0 radical (unpaired) electrons. The van der Waals surface area contributed by atoms with E-state index in [-0.39, 0.29) is 16.4 Å². The number of hydrogen-bond acceptors (Lipinski definition) is 3. The van der Waals surface area contributed by atoms with E-state index in [1.807, 2.05) is 0 Å². The number of anilines is 1. The molecule has 98 valence electrons. The average molecular weight is 320 g/mol. The van der Waals surface area contributed by atoms with Gasteiger partial charge in [0.25, 0.3) is 0 Å². The Hall–Kier alpha value is -1.17. The van der Waals surface area contributed by atoms with Gasteiger partial charge in [-0.15, -0.1) is 0 Å². The quantitative estimate of drug-likeness (QED) is 0.620. The highest BCUT2D eigenvalue weighted by Crippen LogP contribution is 2.29. The second kappa shape index (κ2) is 5.22. The van der Waals surface area contributed by atoms with Crippen LogP contribution < -0.4 is 4.90 Å². The molecule has 0 N–H and O–H groups in total. The summed E-state index contributed by atoms with van der Waals surface area (Å²) in [6, 6.07) is 2.51. The Morgan fingerprint density at radius 3 is 2.61 bits per heavy atom. The van der Waals surface area contributed by atoms with Crippen LogP contribution in [0.4, 0.5) is 14.5 Å². The summed E-state index contributed by atoms with van der Waals surface area (Å²) in [5.74, 6) is -1.81. The predicted molar refractivity (Wildman–Crippen MR) is 66.4 cm³/mol. The Kier molecular flexibility index (Phi) is 3.85. The monoisotopic (exact) mass is 319 g/mol. The molecule has 0 bridgehead atoms. The Morgan fingerprint density at radius 1 is 1.44 bits per heavy atom. The normalized spacial score (nSPS) is 19.1. The van der Waals surface area contributed by atoms with E-state index in [1.165, 1.54) is 19.2 Å². The van der Waals surface area contributed by atoms with Gasteiger partial charge >= 0.3 is 5.97 Å². The van der Waals surface area contributed by atoms with E-state index in [0.29, 0.717) is 25.2 Å². The number of carbonyl (C=O) groups excluding carboxylic acids is 1. The van der Waals surface area contributed by atoms with E-state index in [9.17, 15) is 13.6 Å². The highest BCUT2D eigenvalue weighted by atomic mass is 79.9. The molecule has 3 nitrogen and oxygen atoms in total. The summed E-state index contributed by atoms with van der Waals surface area (Å²) in [6.07, 6.45) is 0.631. The van der Waals surface area contributed by atoms with Crippen molar-refractivity contribution in [3.05, 3.63) is 28.2 Å². The molecule has 0 unspecified atom stereocenters. The maximum atomic E-state index is 13.4. The molecule has 0 aromatic heterocycles. The number of esters is 1. The molecule has 1 fully saturated rings. The maximum absolute atomic E-state index is 13.4. The second-order valence-electron chi connectivity index (χ2n) is 4.18. The van der Waals surface area contributed by atoms with Crippen molar-refractivity contribution in [2.45, 2.75) is 6.42 Å². The van der Waals surface area contributed by atoms with Gasteiger partial charge in [0.2, 0.25) is 0 Å². The molecule has 0 amide bonds. The summed E-state index contributed by atoms with van der Waals surface area (Å²) in [5.41, 5.74) is 0.444. The highest BCUT2D eigenvalue weighted by Gasteiger charge is 2.29.